The highest BCUT2D eigenvalue weighted by Crippen LogP contribution is 2.19. The summed E-state index contributed by atoms with van der Waals surface area (Å²) in [5, 5.41) is 2.87. The highest BCUT2D eigenvalue weighted by atomic mass is 16.5. The highest BCUT2D eigenvalue weighted by molar-refractivity contribution is 5.72. The van der Waals surface area contributed by atoms with Crippen LogP contribution in [0.4, 0.5) is 0 Å². The van der Waals surface area contributed by atoms with Crippen LogP contribution in [0.5, 0.6) is 0 Å². The van der Waals surface area contributed by atoms with Gasteiger partial charge in [-0.05, 0) is 38.8 Å². The minimum atomic E-state index is -0.150. The molecule has 0 aromatic heterocycles. The molecule has 0 saturated carbocycles. The Hall–Kier alpha value is -1.10. The Morgan fingerprint density at radius 3 is 2.50 bits per heavy atom. The maximum atomic E-state index is 11.2. The van der Waals surface area contributed by atoms with E-state index in [1.807, 2.05) is 0 Å². The fourth-order valence-corrected chi connectivity index (χ4v) is 2.34. The molecule has 1 aliphatic rings. The molecule has 0 spiro atoms. The van der Waals surface area contributed by atoms with Crippen molar-refractivity contribution in [2.75, 3.05) is 26.7 Å². The molecule has 1 atom stereocenters. The Bertz CT molecular complexity index is 286. The van der Waals surface area contributed by atoms with Crippen molar-refractivity contribution in [1.29, 1.82) is 0 Å². The second kappa shape index (κ2) is 7.36. The van der Waals surface area contributed by atoms with E-state index in [9.17, 15) is 9.59 Å². The molecule has 104 valence electrons. The van der Waals surface area contributed by atoms with E-state index >= 15 is 0 Å². The van der Waals surface area contributed by atoms with Crippen molar-refractivity contribution in [2.24, 2.45) is 5.92 Å². The van der Waals surface area contributed by atoms with E-state index < -0.39 is 0 Å². The number of nitrogens with one attached hydrogen (secondary N) is 1. The van der Waals surface area contributed by atoms with Gasteiger partial charge in [-0.3, -0.25) is 9.59 Å². The summed E-state index contributed by atoms with van der Waals surface area (Å²) >= 11 is 0. The smallest absolute Gasteiger partial charge is 0.307 e. The lowest BCUT2D eigenvalue weighted by atomic mass is 9.95. The number of piperidine rings is 1. The number of ether oxygens (including phenoxy) is 1. The fraction of sp³-hybridized carbons (Fsp3) is 0.846. The fourth-order valence-electron chi connectivity index (χ4n) is 2.34. The maximum absolute atomic E-state index is 11.2. The number of rotatable bonds is 5. The third-order valence-electron chi connectivity index (χ3n) is 3.60. The minimum Gasteiger partial charge on any atom is -0.469 e. The molecule has 1 aliphatic heterocycles. The molecule has 1 unspecified atom stereocenters. The van der Waals surface area contributed by atoms with Crippen LogP contribution in [0.1, 0.15) is 33.1 Å². The van der Waals surface area contributed by atoms with E-state index in [1.54, 1.807) is 6.92 Å². The van der Waals surface area contributed by atoms with E-state index in [0.717, 1.165) is 32.5 Å². The first-order chi connectivity index (χ1) is 8.52. The Labute approximate surface area is 109 Å². The van der Waals surface area contributed by atoms with Crippen LogP contribution in [0.15, 0.2) is 0 Å². The maximum Gasteiger partial charge on any atom is 0.307 e. The standard InChI is InChI=1S/C13H24N2O3/c1-10(8-13(17)18-3)15-6-4-12(5-7-15)9-14-11(2)16/h10,12H,4-9H2,1-3H3,(H,14,16). The SMILES string of the molecule is COC(=O)CC(C)N1CCC(CNC(C)=O)CC1. The molecule has 0 bridgehead atoms. The van der Waals surface area contributed by atoms with Crippen molar-refractivity contribution in [3.63, 3.8) is 0 Å². The van der Waals surface area contributed by atoms with Gasteiger partial charge in [-0.15, -0.1) is 0 Å². The van der Waals surface area contributed by atoms with E-state index in [-0.39, 0.29) is 17.9 Å². The molecule has 18 heavy (non-hydrogen) atoms. The molecular weight excluding hydrogens is 232 g/mol. The lowest BCUT2D eigenvalue weighted by Gasteiger charge is -2.35. The number of likely N-dealkylation sites (tertiary alicyclic amines) is 1. The Balaban J connectivity index is 2.25. The zero-order chi connectivity index (χ0) is 13.5. The van der Waals surface area contributed by atoms with Gasteiger partial charge in [0, 0.05) is 19.5 Å². The van der Waals surface area contributed by atoms with Gasteiger partial charge in [-0.2, -0.15) is 0 Å². The van der Waals surface area contributed by atoms with Gasteiger partial charge in [0.25, 0.3) is 0 Å². The van der Waals surface area contributed by atoms with Gasteiger partial charge in [-0.1, -0.05) is 0 Å². The predicted molar refractivity (Wildman–Crippen MR) is 69.1 cm³/mol. The quantitative estimate of drug-likeness (QED) is 0.739. The van der Waals surface area contributed by atoms with Gasteiger partial charge in [0.05, 0.1) is 13.5 Å². The van der Waals surface area contributed by atoms with Crippen LogP contribution in [0.2, 0.25) is 0 Å². The number of methoxy groups -OCH3 is 1. The summed E-state index contributed by atoms with van der Waals surface area (Å²) in [4.78, 5) is 24.4. The van der Waals surface area contributed by atoms with Gasteiger partial charge >= 0.3 is 5.97 Å². The normalized spacial score (nSPS) is 19.3. The highest BCUT2D eigenvalue weighted by Gasteiger charge is 2.24. The second-order valence-corrected chi connectivity index (χ2v) is 5.05. The summed E-state index contributed by atoms with van der Waals surface area (Å²) in [5.74, 6) is 0.454. The largest absolute Gasteiger partial charge is 0.469 e. The average molecular weight is 256 g/mol. The van der Waals surface area contributed by atoms with Gasteiger partial charge in [0.2, 0.25) is 5.91 Å². The van der Waals surface area contributed by atoms with Crippen LogP contribution >= 0.6 is 0 Å². The van der Waals surface area contributed by atoms with Crippen molar-refractivity contribution in [3.8, 4) is 0 Å². The predicted octanol–water partition coefficient (Wildman–Crippen LogP) is 0.786. The zero-order valence-electron chi connectivity index (χ0n) is 11.6. The molecule has 1 fully saturated rings. The van der Waals surface area contributed by atoms with Crippen LogP contribution in [-0.2, 0) is 14.3 Å². The lowest BCUT2D eigenvalue weighted by Crippen LogP contribution is -2.43. The van der Waals surface area contributed by atoms with Gasteiger partial charge < -0.3 is 15.0 Å². The van der Waals surface area contributed by atoms with E-state index in [0.29, 0.717) is 12.3 Å². The summed E-state index contributed by atoms with van der Waals surface area (Å²) in [5.41, 5.74) is 0. The lowest BCUT2D eigenvalue weighted by molar-refractivity contribution is -0.142. The Morgan fingerprint density at radius 2 is 2.00 bits per heavy atom. The van der Waals surface area contributed by atoms with Crippen molar-refractivity contribution in [3.05, 3.63) is 0 Å². The van der Waals surface area contributed by atoms with Crippen molar-refractivity contribution < 1.29 is 14.3 Å². The molecule has 1 rings (SSSR count). The summed E-state index contributed by atoms with van der Waals surface area (Å²) in [6, 6.07) is 0.235. The molecule has 5 heteroatoms. The van der Waals surface area contributed by atoms with Crippen molar-refractivity contribution in [2.45, 2.75) is 39.2 Å². The first-order valence-electron chi connectivity index (χ1n) is 6.58. The topological polar surface area (TPSA) is 58.6 Å². The number of hydrogen-bond donors (Lipinski definition) is 1. The first kappa shape index (κ1) is 15.0. The molecule has 0 aromatic rings. The number of carbonyl (C=O) groups is 2. The number of esters is 1. The van der Waals surface area contributed by atoms with Crippen LogP contribution in [0.3, 0.4) is 0 Å². The molecule has 0 radical (unpaired) electrons. The molecule has 1 amide bonds. The molecule has 1 N–H and O–H groups in total. The van der Waals surface area contributed by atoms with Crippen molar-refractivity contribution >= 4 is 11.9 Å². The van der Waals surface area contributed by atoms with Crippen LogP contribution in [0, 0.1) is 5.92 Å². The molecule has 0 aromatic carbocycles. The summed E-state index contributed by atoms with van der Waals surface area (Å²) < 4.78 is 4.68. The van der Waals surface area contributed by atoms with E-state index in [2.05, 4.69) is 21.9 Å². The number of hydrogen-bond acceptors (Lipinski definition) is 4. The van der Waals surface area contributed by atoms with Crippen LogP contribution in [-0.4, -0.2) is 49.6 Å². The minimum absolute atomic E-state index is 0.0384. The van der Waals surface area contributed by atoms with Gasteiger partial charge in [-0.25, -0.2) is 0 Å². The summed E-state index contributed by atoms with van der Waals surface area (Å²) in [7, 11) is 1.43. The van der Waals surface area contributed by atoms with E-state index in [4.69, 9.17) is 0 Å². The third kappa shape index (κ3) is 5.04. The Morgan fingerprint density at radius 1 is 1.39 bits per heavy atom. The summed E-state index contributed by atoms with van der Waals surface area (Å²) in [6.45, 7) is 6.36. The van der Waals surface area contributed by atoms with E-state index in [1.165, 1.54) is 7.11 Å². The van der Waals surface area contributed by atoms with Gasteiger partial charge in [0.15, 0.2) is 0 Å². The summed E-state index contributed by atoms with van der Waals surface area (Å²) in [6.07, 6.45) is 2.60. The molecular formula is C13H24N2O3. The van der Waals surface area contributed by atoms with Crippen LogP contribution < -0.4 is 5.32 Å². The number of nitrogens with zero attached hydrogens (tertiary/aromatic N) is 1. The third-order valence-corrected chi connectivity index (χ3v) is 3.60. The number of carbonyl (C=O) groups excluding carboxylic acids is 2. The average Bonchev–Trinajstić information content (AvgIpc) is 2.36. The number of amides is 1. The molecule has 1 heterocycles. The van der Waals surface area contributed by atoms with Crippen LogP contribution in [0.25, 0.3) is 0 Å². The Kier molecular flexibility index (Phi) is 6.12. The van der Waals surface area contributed by atoms with Gasteiger partial charge in [0.1, 0.15) is 0 Å². The second-order valence-electron chi connectivity index (χ2n) is 5.05. The molecule has 1 saturated heterocycles. The first-order valence-corrected chi connectivity index (χ1v) is 6.58. The molecule has 5 nitrogen and oxygen atoms in total. The molecule has 0 aliphatic carbocycles. The zero-order valence-corrected chi connectivity index (χ0v) is 11.6. The van der Waals surface area contributed by atoms with Crippen molar-refractivity contribution in [1.82, 2.24) is 10.2 Å². The monoisotopic (exact) mass is 256 g/mol.